The van der Waals surface area contributed by atoms with Gasteiger partial charge in [-0.1, -0.05) is 0 Å². The molecule has 8 nitrogen and oxygen atoms in total. The Balaban J connectivity index is 2.91. The molecule has 0 atom stereocenters. The molecule has 9 heteroatoms. The van der Waals surface area contributed by atoms with Gasteiger partial charge >= 0.3 is 0 Å². The molecule has 2 aromatic heterocycles. The Bertz CT molecular complexity index is 545. The quantitative estimate of drug-likeness (QED) is 0.533. The first-order valence-corrected chi connectivity index (χ1v) is 4.68. The number of rotatable bonds is 1. The molecule has 0 aromatic carbocycles. The molecule has 0 bridgehead atoms. The molecule has 2 rings (SSSR count). The van der Waals surface area contributed by atoms with Gasteiger partial charge in [0.25, 0.3) is 10.0 Å². The number of nitrogens with two attached hydrogens (primary N) is 1. The number of aromatic nitrogens is 5. The van der Waals surface area contributed by atoms with E-state index in [-0.39, 0.29) is 16.2 Å². The Morgan fingerprint density at radius 2 is 2.08 bits per heavy atom. The van der Waals surface area contributed by atoms with Gasteiger partial charge in [-0.3, -0.25) is 0 Å². The SMILES string of the molecule is NS(=O)(=O)c1ncnc2n[nH]nc12. The van der Waals surface area contributed by atoms with Gasteiger partial charge in [-0.05, 0) is 0 Å². The lowest BCUT2D eigenvalue weighted by molar-refractivity contribution is 0.594. The first-order chi connectivity index (χ1) is 6.09. The Morgan fingerprint density at radius 3 is 2.77 bits per heavy atom. The predicted octanol–water partition coefficient (Wildman–Crippen LogP) is -1.60. The summed E-state index contributed by atoms with van der Waals surface area (Å²) >= 11 is 0. The molecule has 0 radical (unpaired) electrons. The number of hydrogen-bond acceptors (Lipinski definition) is 6. The zero-order valence-electron chi connectivity index (χ0n) is 6.17. The molecular weight excluding hydrogens is 196 g/mol. The topological polar surface area (TPSA) is 128 Å². The maximum absolute atomic E-state index is 11.0. The lowest BCUT2D eigenvalue weighted by Gasteiger charge is -1.94. The van der Waals surface area contributed by atoms with E-state index in [2.05, 4.69) is 25.4 Å². The van der Waals surface area contributed by atoms with Gasteiger partial charge in [0.15, 0.2) is 5.52 Å². The van der Waals surface area contributed by atoms with Crippen LogP contribution in [0.25, 0.3) is 11.2 Å². The molecule has 0 aliphatic rings. The van der Waals surface area contributed by atoms with Crippen molar-refractivity contribution >= 4 is 21.2 Å². The summed E-state index contributed by atoms with van der Waals surface area (Å²) in [7, 11) is -3.87. The Labute approximate surface area is 72.2 Å². The summed E-state index contributed by atoms with van der Waals surface area (Å²) in [6, 6.07) is 0. The largest absolute Gasteiger partial charge is 0.258 e. The zero-order chi connectivity index (χ0) is 9.47. The van der Waals surface area contributed by atoms with Crippen molar-refractivity contribution in [2.45, 2.75) is 5.03 Å². The number of H-pyrrole nitrogens is 1. The van der Waals surface area contributed by atoms with E-state index in [0.717, 1.165) is 6.33 Å². The molecule has 0 amide bonds. The number of sulfonamides is 1. The van der Waals surface area contributed by atoms with Gasteiger partial charge in [0.1, 0.15) is 6.33 Å². The second-order valence-electron chi connectivity index (χ2n) is 2.22. The molecule has 0 aliphatic carbocycles. The zero-order valence-corrected chi connectivity index (χ0v) is 6.98. The molecule has 13 heavy (non-hydrogen) atoms. The van der Waals surface area contributed by atoms with Crippen LogP contribution in [-0.2, 0) is 10.0 Å². The fourth-order valence-electron chi connectivity index (χ4n) is 0.864. The van der Waals surface area contributed by atoms with Crippen LogP contribution < -0.4 is 5.14 Å². The molecule has 2 heterocycles. The molecule has 3 N–H and O–H groups in total. The van der Waals surface area contributed by atoms with Crippen LogP contribution in [0, 0.1) is 0 Å². The second kappa shape index (κ2) is 2.44. The minimum absolute atomic E-state index is 0.0463. The van der Waals surface area contributed by atoms with E-state index >= 15 is 0 Å². The normalized spacial score (nSPS) is 12.1. The van der Waals surface area contributed by atoms with Crippen molar-refractivity contribution in [1.29, 1.82) is 0 Å². The first-order valence-electron chi connectivity index (χ1n) is 3.13. The van der Waals surface area contributed by atoms with Gasteiger partial charge in [0.2, 0.25) is 10.7 Å². The van der Waals surface area contributed by atoms with E-state index in [1.165, 1.54) is 0 Å². The van der Waals surface area contributed by atoms with E-state index in [0.29, 0.717) is 0 Å². The van der Waals surface area contributed by atoms with Crippen molar-refractivity contribution in [1.82, 2.24) is 25.4 Å². The third kappa shape index (κ3) is 1.23. The van der Waals surface area contributed by atoms with Crippen molar-refractivity contribution < 1.29 is 8.42 Å². The maximum atomic E-state index is 11.0. The number of hydrogen-bond donors (Lipinski definition) is 2. The fraction of sp³-hybridized carbons (Fsp3) is 0. The standard InChI is InChI=1S/C4H4N6O2S/c5-13(11,12)4-2-3(6-1-7-4)9-10-8-2/h1H,(H2,5,11,12)(H,6,7,8,9,10). The van der Waals surface area contributed by atoms with Gasteiger partial charge in [-0.15, -0.1) is 5.10 Å². The fourth-order valence-corrected chi connectivity index (χ4v) is 1.46. The summed E-state index contributed by atoms with van der Waals surface area (Å²) in [5.41, 5.74) is 0.212. The Morgan fingerprint density at radius 1 is 1.31 bits per heavy atom. The molecule has 2 aromatic rings. The monoisotopic (exact) mass is 200 g/mol. The molecule has 68 valence electrons. The van der Waals surface area contributed by atoms with Crippen molar-refractivity contribution in [3.63, 3.8) is 0 Å². The van der Waals surface area contributed by atoms with Gasteiger partial charge < -0.3 is 0 Å². The molecule has 0 saturated heterocycles. The van der Waals surface area contributed by atoms with E-state index in [1.54, 1.807) is 0 Å². The highest BCUT2D eigenvalue weighted by Gasteiger charge is 2.17. The van der Waals surface area contributed by atoms with Crippen LogP contribution in [-0.4, -0.2) is 33.8 Å². The summed E-state index contributed by atoms with van der Waals surface area (Å²) in [5.74, 6) is 0. The van der Waals surface area contributed by atoms with E-state index in [1.807, 2.05) is 0 Å². The van der Waals surface area contributed by atoms with Crippen LogP contribution in [0.3, 0.4) is 0 Å². The number of primary sulfonamides is 1. The molecule has 0 spiro atoms. The van der Waals surface area contributed by atoms with Crippen LogP contribution in [0.5, 0.6) is 0 Å². The van der Waals surface area contributed by atoms with Crippen LogP contribution in [0.1, 0.15) is 0 Å². The van der Waals surface area contributed by atoms with E-state index < -0.39 is 10.0 Å². The van der Waals surface area contributed by atoms with Crippen molar-refractivity contribution in [2.75, 3.05) is 0 Å². The highest BCUT2D eigenvalue weighted by atomic mass is 32.2. The first kappa shape index (κ1) is 8.01. The van der Waals surface area contributed by atoms with Gasteiger partial charge in [0, 0.05) is 0 Å². The van der Waals surface area contributed by atoms with Gasteiger partial charge in [-0.25, -0.2) is 23.5 Å². The molecule has 0 aliphatic heterocycles. The minimum Gasteiger partial charge on any atom is -0.223 e. The number of nitrogens with zero attached hydrogens (tertiary/aromatic N) is 4. The summed E-state index contributed by atoms with van der Waals surface area (Å²) in [5, 5.41) is 13.9. The van der Waals surface area contributed by atoms with Crippen LogP contribution in [0.4, 0.5) is 0 Å². The maximum Gasteiger partial charge on any atom is 0.258 e. The van der Waals surface area contributed by atoms with Crippen LogP contribution in [0.2, 0.25) is 0 Å². The average Bonchev–Trinajstić information content (AvgIpc) is 2.48. The minimum atomic E-state index is -3.87. The Hall–Kier alpha value is -1.61. The molecule has 0 saturated carbocycles. The van der Waals surface area contributed by atoms with Crippen molar-refractivity contribution in [3.8, 4) is 0 Å². The second-order valence-corrected chi connectivity index (χ2v) is 3.70. The summed E-state index contributed by atoms with van der Waals surface area (Å²) < 4.78 is 21.9. The molecule has 0 fully saturated rings. The number of nitrogens with one attached hydrogen (secondary N) is 1. The summed E-state index contributed by atoms with van der Waals surface area (Å²) in [6.07, 6.45) is 1.06. The predicted molar refractivity (Wildman–Crippen MR) is 40.9 cm³/mol. The lowest BCUT2D eigenvalue weighted by atomic mass is 10.6. The van der Waals surface area contributed by atoms with Crippen LogP contribution >= 0.6 is 0 Å². The van der Waals surface area contributed by atoms with Crippen LogP contribution in [0.15, 0.2) is 11.4 Å². The summed E-state index contributed by atoms with van der Waals surface area (Å²) in [6.45, 7) is 0. The van der Waals surface area contributed by atoms with Gasteiger partial charge in [-0.2, -0.15) is 10.3 Å². The molecule has 0 unspecified atom stereocenters. The van der Waals surface area contributed by atoms with Crippen molar-refractivity contribution in [2.24, 2.45) is 5.14 Å². The lowest BCUT2D eigenvalue weighted by Crippen LogP contribution is -2.14. The third-order valence-corrected chi connectivity index (χ3v) is 2.19. The van der Waals surface area contributed by atoms with Crippen molar-refractivity contribution in [3.05, 3.63) is 6.33 Å². The average molecular weight is 200 g/mol. The van der Waals surface area contributed by atoms with Gasteiger partial charge in [0.05, 0.1) is 0 Å². The Kier molecular flexibility index (Phi) is 1.50. The number of aromatic amines is 1. The van der Waals surface area contributed by atoms with E-state index in [4.69, 9.17) is 5.14 Å². The van der Waals surface area contributed by atoms with E-state index in [9.17, 15) is 8.42 Å². The molecular formula is C4H4N6O2S. The highest BCUT2D eigenvalue weighted by molar-refractivity contribution is 7.89. The number of fused-ring (bicyclic) bond motifs is 1. The highest BCUT2D eigenvalue weighted by Crippen LogP contribution is 2.11. The smallest absolute Gasteiger partial charge is 0.223 e. The summed E-state index contributed by atoms with van der Waals surface area (Å²) in [4.78, 5) is 7.18. The third-order valence-electron chi connectivity index (χ3n) is 1.36.